The van der Waals surface area contributed by atoms with Crippen molar-refractivity contribution in [3.63, 3.8) is 0 Å². The summed E-state index contributed by atoms with van der Waals surface area (Å²) in [6, 6.07) is 4.72. The number of hydrogen-bond donors (Lipinski definition) is 1. The van der Waals surface area contributed by atoms with Gasteiger partial charge in [-0.1, -0.05) is 6.92 Å². The Kier molecular flexibility index (Phi) is 4.72. The number of nitro benzene ring substituents is 1. The van der Waals surface area contributed by atoms with Gasteiger partial charge in [-0.15, -0.1) is 0 Å². The Hall–Kier alpha value is -1.62. The predicted octanol–water partition coefficient (Wildman–Crippen LogP) is 2.56. The zero-order chi connectivity index (χ0) is 12.0. The van der Waals surface area contributed by atoms with E-state index in [1.165, 1.54) is 6.07 Å². The minimum Gasteiger partial charge on any atom is -0.388 e. The molecule has 0 atom stereocenters. The molecule has 1 aromatic rings. The minimum atomic E-state index is -0.400. The Labute approximate surface area is 94.6 Å². The van der Waals surface area contributed by atoms with Crippen LogP contribution in [-0.2, 0) is 11.3 Å². The van der Waals surface area contributed by atoms with E-state index in [4.69, 9.17) is 4.74 Å². The molecule has 0 radical (unpaired) electrons. The van der Waals surface area contributed by atoms with Crippen LogP contribution in [0.15, 0.2) is 18.2 Å². The van der Waals surface area contributed by atoms with E-state index >= 15 is 0 Å². The molecule has 0 saturated carbocycles. The fourth-order valence-corrected chi connectivity index (χ4v) is 1.38. The van der Waals surface area contributed by atoms with E-state index in [2.05, 4.69) is 5.32 Å². The van der Waals surface area contributed by atoms with E-state index in [1.54, 1.807) is 19.2 Å². The maximum absolute atomic E-state index is 10.6. The van der Waals surface area contributed by atoms with E-state index in [0.29, 0.717) is 13.2 Å². The van der Waals surface area contributed by atoms with Crippen LogP contribution in [0, 0.1) is 10.1 Å². The van der Waals surface area contributed by atoms with Crippen molar-refractivity contribution in [1.82, 2.24) is 0 Å². The summed E-state index contributed by atoms with van der Waals surface area (Å²) < 4.78 is 5.38. The summed E-state index contributed by atoms with van der Waals surface area (Å²) in [5.41, 5.74) is 1.76. The van der Waals surface area contributed by atoms with Crippen molar-refractivity contribution in [1.29, 1.82) is 0 Å². The number of benzene rings is 1. The highest BCUT2D eigenvalue weighted by molar-refractivity contribution is 5.55. The molecule has 0 heterocycles. The molecule has 16 heavy (non-hydrogen) atoms. The van der Waals surface area contributed by atoms with Crippen molar-refractivity contribution in [3.05, 3.63) is 33.9 Å². The highest BCUT2D eigenvalue weighted by atomic mass is 16.6. The molecule has 0 aliphatic heterocycles. The standard InChI is InChI=1S/C11H16N2O3/c1-3-6-16-8-9-7-10(13(14)15)4-5-11(9)12-2/h4-5,7,12H,3,6,8H2,1-2H3. The van der Waals surface area contributed by atoms with Gasteiger partial charge in [0.25, 0.3) is 5.69 Å². The van der Waals surface area contributed by atoms with Gasteiger partial charge in [0.05, 0.1) is 11.5 Å². The molecule has 5 nitrogen and oxygen atoms in total. The van der Waals surface area contributed by atoms with E-state index < -0.39 is 4.92 Å². The quantitative estimate of drug-likeness (QED) is 0.458. The molecular formula is C11H16N2O3. The van der Waals surface area contributed by atoms with E-state index in [0.717, 1.165) is 17.7 Å². The molecule has 0 aliphatic carbocycles. The Bertz CT molecular complexity index is 366. The van der Waals surface area contributed by atoms with E-state index in [1.807, 2.05) is 6.92 Å². The van der Waals surface area contributed by atoms with Crippen molar-refractivity contribution in [3.8, 4) is 0 Å². The summed E-state index contributed by atoms with van der Waals surface area (Å²) in [6.07, 6.45) is 0.934. The number of nitrogens with zero attached hydrogens (tertiary/aromatic N) is 1. The Balaban J connectivity index is 2.84. The molecule has 5 heteroatoms. The van der Waals surface area contributed by atoms with Crippen LogP contribution in [0.4, 0.5) is 11.4 Å². The first-order chi connectivity index (χ1) is 7.69. The van der Waals surface area contributed by atoms with Crippen molar-refractivity contribution in [2.24, 2.45) is 0 Å². The first-order valence-electron chi connectivity index (χ1n) is 5.21. The van der Waals surface area contributed by atoms with Crippen LogP contribution in [0.1, 0.15) is 18.9 Å². The molecule has 0 unspecified atom stereocenters. The molecule has 0 aliphatic rings. The van der Waals surface area contributed by atoms with Crippen molar-refractivity contribution in [2.75, 3.05) is 19.0 Å². The van der Waals surface area contributed by atoms with E-state index in [9.17, 15) is 10.1 Å². The average molecular weight is 224 g/mol. The van der Waals surface area contributed by atoms with Gasteiger partial charge in [-0.3, -0.25) is 10.1 Å². The van der Waals surface area contributed by atoms with Gasteiger partial charge < -0.3 is 10.1 Å². The first kappa shape index (κ1) is 12.4. The molecule has 1 rings (SSSR count). The summed E-state index contributed by atoms with van der Waals surface area (Å²) >= 11 is 0. The van der Waals surface area contributed by atoms with Gasteiger partial charge in [0.15, 0.2) is 0 Å². The monoisotopic (exact) mass is 224 g/mol. The second-order valence-electron chi connectivity index (χ2n) is 3.40. The van der Waals surface area contributed by atoms with Gasteiger partial charge in [-0.05, 0) is 12.5 Å². The number of non-ortho nitro benzene ring substituents is 1. The molecule has 1 aromatic carbocycles. The third-order valence-electron chi connectivity index (χ3n) is 2.18. The minimum absolute atomic E-state index is 0.0918. The summed E-state index contributed by atoms with van der Waals surface area (Å²) in [5, 5.41) is 13.6. The molecule has 88 valence electrons. The maximum atomic E-state index is 10.6. The molecule has 0 bridgehead atoms. The summed E-state index contributed by atoms with van der Waals surface area (Å²) in [6.45, 7) is 3.07. The fraction of sp³-hybridized carbons (Fsp3) is 0.455. The highest BCUT2D eigenvalue weighted by Crippen LogP contribution is 2.22. The number of hydrogen-bond acceptors (Lipinski definition) is 4. The number of anilines is 1. The summed E-state index contributed by atoms with van der Waals surface area (Å²) in [7, 11) is 1.78. The number of rotatable bonds is 6. The predicted molar refractivity (Wildman–Crippen MR) is 62.6 cm³/mol. The summed E-state index contributed by atoms with van der Waals surface area (Å²) in [4.78, 5) is 10.2. The molecule has 0 fully saturated rings. The second kappa shape index (κ2) is 6.07. The Morgan fingerprint density at radius 1 is 1.50 bits per heavy atom. The van der Waals surface area contributed by atoms with E-state index in [-0.39, 0.29) is 5.69 Å². The zero-order valence-electron chi connectivity index (χ0n) is 9.53. The van der Waals surface area contributed by atoms with Gasteiger partial charge in [0.1, 0.15) is 0 Å². The number of nitro groups is 1. The fourth-order valence-electron chi connectivity index (χ4n) is 1.38. The van der Waals surface area contributed by atoms with Gasteiger partial charge >= 0.3 is 0 Å². The van der Waals surface area contributed by atoms with Crippen LogP contribution in [0.3, 0.4) is 0 Å². The lowest BCUT2D eigenvalue weighted by atomic mass is 10.1. The smallest absolute Gasteiger partial charge is 0.269 e. The van der Waals surface area contributed by atoms with Gasteiger partial charge in [-0.25, -0.2) is 0 Å². The van der Waals surface area contributed by atoms with Crippen LogP contribution in [0.2, 0.25) is 0 Å². The lowest BCUT2D eigenvalue weighted by molar-refractivity contribution is -0.384. The van der Waals surface area contributed by atoms with Crippen molar-refractivity contribution in [2.45, 2.75) is 20.0 Å². The van der Waals surface area contributed by atoms with Gasteiger partial charge in [0.2, 0.25) is 0 Å². The second-order valence-corrected chi connectivity index (χ2v) is 3.40. The average Bonchev–Trinajstić information content (AvgIpc) is 2.29. The lowest BCUT2D eigenvalue weighted by Crippen LogP contribution is -2.01. The van der Waals surface area contributed by atoms with Crippen LogP contribution in [0.25, 0.3) is 0 Å². The largest absolute Gasteiger partial charge is 0.388 e. The zero-order valence-corrected chi connectivity index (χ0v) is 9.53. The number of nitrogens with one attached hydrogen (secondary N) is 1. The third kappa shape index (κ3) is 3.20. The maximum Gasteiger partial charge on any atom is 0.269 e. The molecular weight excluding hydrogens is 208 g/mol. The van der Waals surface area contributed by atoms with Crippen LogP contribution in [-0.4, -0.2) is 18.6 Å². The Morgan fingerprint density at radius 3 is 2.81 bits per heavy atom. The molecule has 0 aromatic heterocycles. The first-order valence-corrected chi connectivity index (χ1v) is 5.21. The summed E-state index contributed by atoms with van der Waals surface area (Å²) in [5.74, 6) is 0. The lowest BCUT2D eigenvalue weighted by Gasteiger charge is -2.09. The molecule has 1 N–H and O–H groups in total. The van der Waals surface area contributed by atoms with Crippen molar-refractivity contribution < 1.29 is 9.66 Å². The Morgan fingerprint density at radius 2 is 2.25 bits per heavy atom. The SMILES string of the molecule is CCCOCc1cc([N+](=O)[O-])ccc1NC. The van der Waals surface area contributed by atoms with Crippen molar-refractivity contribution >= 4 is 11.4 Å². The highest BCUT2D eigenvalue weighted by Gasteiger charge is 2.09. The molecule has 0 spiro atoms. The normalized spacial score (nSPS) is 10.1. The number of ether oxygens (including phenoxy) is 1. The molecule has 0 amide bonds. The van der Waals surface area contributed by atoms with Crippen LogP contribution in [0.5, 0.6) is 0 Å². The topological polar surface area (TPSA) is 64.4 Å². The van der Waals surface area contributed by atoms with Gasteiger partial charge in [0, 0.05) is 37.0 Å². The van der Waals surface area contributed by atoms with Crippen LogP contribution >= 0.6 is 0 Å². The van der Waals surface area contributed by atoms with Crippen LogP contribution < -0.4 is 5.32 Å². The third-order valence-corrected chi connectivity index (χ3v) is 2.18. The molecule has 0 saturated heterocycles. The van der Waals surface area contributed by atoms with Gasteiger partial charge in [-0.2, -0.15) is 0 Å².